The fourth-order valence-corrected chi connectivity index (χ4v) is 3.13. The predicted molar refractivity (Wildman–Crippen MR) is 78.7 cm³/mol. The molecular weight excluding hydrogens is 218 g/mol. The smallest absolute Gasteiger partial charge is 0.00817 e. The van der Waals surface area contributed by atoms with Crippen molar-refractivity contribution >= 4 is 0 Å². The van der Waals surface area contributed by atoms with Crippen LogP contribution in [-0.2, 0) is 6.42 Å². The second-order valence-electron chi connectivity index (χ2n) is 6.22. The summed E-state index contributed by atoms with van der Waals surface area (Å²) in [6.45, 7) is 7.12. The Morgan fingerprint density at radius 2 is 1.83 bits per heavy atom. The van der Waals surface area contributed by atoms with Crippen molar-refractivity contribution in [3.05, 3.63) is 35.9 Å². The number of hydrogen-bond acceptors (Lipinski definition) is 1. The van der Waals surface area contributed by atoms with E-state index >= 15 is 0 Å². The Balaban J connectivity index is 1.79. The van der Waals surface area contributed by atoms with Crippen LogP contribution in [-0.4, -0.2) is 12.1 Å². The first-order valence-corrected chi connectivity index (χ1v) is 7.45. The number of benzene rings is 1. The maximum atomic E-state index is 3.82. The molecule has 1 heteroatoms. The molecule has 1 nitrogen and oxygen atoms in total. The van der Waals surface area contributed by atoms with Crippen molar-refractivity contribution in [1.29, 1.82) is 0 Å². The van der Waals surface area contributed by atoms with E-state index in [2.05, 4.69) is 56.4 Å². The molecule has 0 bridgehead atoms. The van der Waals surface area contributed by atoms with E-state index < -0.39 is 0 Å². The largest absolute Gasteiger partial charge is 0.311 e. The van der Waals surface area contributed by atoms with Crippen LogP contribution in [0.2, 0.25) is 0 Å². The van der Waals surface area contributed by atoms with E-state index in [0.717, 1.165) is 24.3 Å². The van der Waals surface area contributed by atoms with Gasteiger partial charge in [-0.1, -0.05) is 44.2 Å². The van der Waals surface area contributed by atoms with E-state index in [1.165, 1.54) is 24.8 Å². The molecule has 0 saturated heterocycles. The SMILES string of the molecule is CC(Cc1ccccc1)NC1CCC(C)C(C)C1. The third-order valence-corrected chi connectivity index (χ3v) is 4.50. The van der Waals surface area contributed by atoms with Gasteiger partial charge >= 0.3 is 0 Å². The highest BCUT2D eigenvalue weighted by Gasteiger charge is 2.25. The highest BCUT2D eigenvalue weighted by molar-refractivity contribution is 5.15. The highest BCUT2D eigenvalue weighted by Crippen LogP contribution is 2.29. The average molecular weight is 245 g/mol. The lowest BCUT2D eigenvalue weighted by atomic mass is 9.79. The van der Waals surface area contributed by atoms with Gasteiger partial charge in [0.1, 0.15) is 0 Å². The minimum atomic E-state index is 0.581. The van der Waals surface area contributed by atoms with E-state index in [0.29, 0.717) is 6.04 Å². The van der Waals surface area contributed by atoms with Crippen LogP contribution in [0.25, 0.3) is 0 Å². The van der Waals surface area contributed by atoms with Crippen molar-refractivity contribution in [2.24, 2.45) is 11.8 Å². The maximum absolute atomic E-state index is 3.82. The molecule has 1 fully saturated rings. The molecule has 0 heterocycles. The fourth-order valence-electron chi connectivity index (χ4n) is 3.13. The molecule has 18 heavy (non-hydrogen) atoms. The molecule has 100 valence electrons. The maximum Gasteiger partial charge on any atom is 0.00817 e. The Labute approximate surface area is 112 Å². The molecule has 1 N–H and O–H groups in total. The minimum absolute atomic E-state index is 0.581. The van der Waals surface area contributed by atoms with Crippen LogP contribution in [0.5, 0.6) is 0 Å². The zero-order chi connectivity index (χ0) is 13.0. The molecule has 0 amide bonds. The highest BCUT2D eigenvalue weighted by atomic mass is 14.9. The third kappa shape index (κ3) is 3.84. The van der Waals surface area contributed by atoms with Gasteiger partial charge < -0.3 is 5.32 Å². The standard InChI is InChI=1S/C17H27N/c1-13-9-10-17(11-14(13)2)18-15(3)12-16-7-5-4-6-8-16/h4-8,13-15,17-18H,9-12H2,1-3H3. The Kier molecular flexibility index (Phi) is 4.82. The van der Waals surface area contributed by atoms with E-state index in [-0.39, 0.29) is 0 Å². The summed E-state index contributed by atoms with van der Waals surface area (Å²) in [5.41, 5.74) is 1.44. The molecule has 2 rings (SSSR count). The van der Waals surface area contributed by atoms with Crippen LogP contribution < -0.4 is 5.32 Å². The first-order chi connectivity index (χ1) is 8.65. The molecule has 0 aliphatic heterocycles. The number of nitrogens with one attached hydrogen (secondary N) is 1. The Bertz CT molecular complexity index is 346. The van der Waals surface area contributed by atoms with Crippen molar-refractivity contribution in [2.75, 3.05) is 0 Å². The van der Waals surface area contributed by atoms with Crippen molar-refractivity contribution in [1.82, 2.24) is 5.32 Å². The summed E-state index contributed by atoms with van der Waals surface area (Å²) in [6, 6.07) is 12.1. The van der Waals surface area contributed by atoms with Gasteiger partial charge in [0, 0.05) is 12.1 Å². The van der Waals surface area contributed by atoms with Gasteiger partial charge in [-0.05, 0) is 50.0 Å². The monoisotopic (exact) mass is 245 g/mol. The molecule has 1 aliphatic carbocycles. The lowest BCUT2D eigenvalue weighted by molar-refractivity contribution is 0.217. The van der Waals surface area contributed by atoms with E-state index in [1.807, 2.05) is 0 Å². The van der Waals surface area contributed by atoms with E-state index in [1.54, 1.807) is 0 Å². The predicted octanol–water partition coefficient (Wildman–Crippen LogP) is 4.03. The molecule has 1 saturated carbocycles. The Morgan fingerprint density at radius 3 is 2.50 bits per heavy atom. The first kappa shape index (κ1) is 13.6. The molecule has 0 radical (unpaired) electrons. The summed E-state index contributed by atoms with van der Waals surface area (Å²) >= 11 is 0. The number of hydrogen-bond donors (Lipinski definition) is 1. The lowest BCUT2D eigenvalue weighted by Gasteiger charge is -2.34. The van der Waals surface area contributed by atoms with E-state index in [9.17, 15) is 0 Å². The summed E-state index contributed by atoms with van der Waals surface area (Å²) in [5.74, 6) is 1.78. The summed E-state index contributed by atoms with van der Waals surface area (Å²) in [7, 11) is 0. The summed E-state index contributed by atoms with van der Waals surface area (Å²) in [5, 5.41) is 3.82. The molecule has 1 aliphatic rings. The van der Waals surface area contributed by atoms with Crippen LogP contribution in [0.15, 0.2) is 30.3 Å². The van der Waals surface area contributed by atoms with Crippen LogP contribution in [0.1, 0.15) is 45.6 Å². The van der Waals surface area contributed by atoms with Gasteiger partial charge in [0.2, 0.25) is 0 Å². The van der Waals surface area contributed by atoms with Crippen molar-refractivity contribution < 1.29 is 0 Å². The van der Waals surface area contributed by atoms with Gasteiger partial charge in [0.15, 0.2) is 0 Å². The Morgan fingerprint density at radius 1 is 1.11 bits per heavy atom. The van der Waals surface area contributed by atoms with E-state index in [4.69, 9.17) is 0 Å². The average Bonchev–Trinajstić information content (AvgIpc) is 2.35. The normalized spacial score (nSPS) is 30.1. The summed E-state index contributed by atoms with van der Waals surface area (Å²) < 4.78 is 0. The zero-order valence-electron chi connectivity index (χ0n) is 12.0. The van der Waals surface area contributed by atoms with Gasteiger partial charge in [0.25, 0.3) is 0 Å². The quantitative estimate of drug-likeness (QED) is 0.844. The molecule has 0 spiro atoms. The zero-order valence-corrected chi connectivity index (χ0v) is 12.0. The molecular formula is C17H27N. The molecule has 1 aromatic carbocycles. The topological polar surface area (TPSA) is 12.0 Å². The second kappa shape index (κ2) is 6.38. The Hall–Kier alpha value is -0.820. The first-order valence-electron chi connectivity index (χ1n) is 7.45. The van der Waals surface area contributed by atoms with Crippen molar-refractivity contribution in [3.63, 3.8) is 0 Å². The molecule has 1 aromatic rings. The lowest BCUT2D eigenvalue weighted by Crippen LogP contribution is -2.41. The van der Waals surface area contributed by atoms with Gasteiger partial charge in [0.05, 0.1) is 0 Å². The molecule has 4 atom stereocenters. The third-order valence-electron chi connectivity index (χ3n) is 4.50. The van der Waals surface area contributed by atoms with Gasteiger partial charge in [-0.2, -0.15) is 0 Å². The molecule has 4 unspecified atom stereocenters. The summed E-state index contributed by atoms with van der Waals surface area (Å²) in [4.78, 5) is 0. The number of rotatable bonds is 4. The van der Waals surface area contributed by atoms with Crippen LogP contribution in [0.4, 0.5) is 0 Å². The second-order valence-corrected chi connectivity index (χ2v) is 6.22. The van der Waals surface area contributed by atoms with Gasteiger partial charge in [-0.3, -0.25) is 0 Å². The van der Waals surface area contributed by atoms with Crippen LogP contribution in [0.3, 0.4) is 0 Å². The van der Waals surface area contributed by atoms with Crippen molar-refractivity contribution in [2.45, 2.75) is 58.5 Å². The van der Waals surface area contributed by atoms with Crippen LogP contribution in [0, 0.1) is 11.8 Å². The molecule has 0 aromatic heterocycles. The fraction of sp³-hybridized carbons (Fsp3) is 0.647. The minimum Gasteiger partial charge on any atom is -0.311 e. The van der Waals surface area contributed by atoms with Crippen LogP contribution >= 0.6 is 0 Å². The van der Waals surface area contributed by atoms with Gasteiger partial charge in [-0.15, -0.1) is 0 Å². The van der Waals surface area contributed by atoms with Crippen molar-refractivity contribution in [3.8, 4) is 0 Å². The van der Waals surface area contributed by atoms with Gasteiger partial charge in [-0.25, -0.2) is 0 Å². The summed E-state index contributed by atoms with van der Waals surface area (Å²) in [6.07, 6.45) is 5.23.